The molecule has 1 fully saturated rings. The van der Waals surface area contributed by atoms with E-state index < -0.39 is 17.9 Å². The number of carbonyl (C=O) groups is 1. The minimum atomic E-state index is -1.01. The van der Waals surface area contributed by atoms with Crippen molar-refractivity contribution in [3.8, 4) is 0 Å². The van der Waals surface area contributed by atoms with Gasteiger partial charge in [0, 0.05) is 6.54 Å². The van der Waals surface area contributed by atoms with Crippen molar-refractivity contribution in [1.82, 2.24) is 10.2 Å². The molecule has 5 heteroatoms. The van der Waals surface area contributed by atoms with Crippen LogP contribution in [-0.4, -0.2) is 48.9 Å². The molecule has 1 saturated heterocycles. The Hall–Kier alpha value is -0.840. The van der Waals surface area contributed by atoms with Gasteiger partial charge in [0.1, 0.15) is 11.8 Å². The standard InChI is InChI=1S/C10H19FN2O2/c1-10(2,3)15-9(14)13-5-7(11)8(6-13)12-4/h7-8,12H,5-6H2,1-4H3/t7-,8+/m0/s1. The number of amides is 1. The first-order chi connectivity index (χ1) is 6.83. The Bertz CT molecular complexity index is 240. The molecule has 0 aliphatic carbocycles. The molecule has 15 heavy (non-hydrogen) atoms. The monoisotopic (exact) mass is 218 g/mol. The largest absolute Gasteiger partial charge is 0.444 e. The van der Waals surface area contributed by atoms with Gasteiger partial charge in [-0.2, -0.15) is 0 Å². The summed E-state index contributed by atoms with van der Waals surface area (Å²) in [7, 11) is 1.69. The molecule has 0 aromatic rings. The molecule has 1 N–H and O–H groups in total. The summed E-state index contributed by atoms with van der Waals surface area (Å²) < 4.78 is 18.5. The number of carbonyl (C=O) groups excluding carboxylic acids is 1. The van der Waals surface area contributed by atoms with Crippen molar-refractivity contribution in [2.24, 2.45) is 0 Å². The molecule has 0 aromatic heterocycles. The summed E-state index contributed by atoms with van der Waals surface area (Å²) in [4.78, 5) is 13.0. The van der Waals surface area contributed by atoms with Crippen LogP contribution in [0.15, 0.2) is 0 Å². The maximum atomic E-state index is 13.3. The predicted octanol–water partition coefficient (Wildman–Crippen LogP) is 1.16. The highest BCUT2D eigenvalue weighted by Crippen LogP contribution is 2.17. The van der Waals surface area contributed by atoms with Crippen LogP contribution in [0.4, 0.5) is 9.18 Å². The topological polar surface area (TPSA) is 41.6 Å². The second-order valence-electron chi connectivity index (χ2n) is 4.80. The van der Waals surface area contributed by atoms with Gasteiger partial charge in [0.25, 0.3) is 0 Å². The van der Waals surface area contributed by atoms with Crippen molar-refractivity contribution in [3.63, 3.8) is 0 Å². The lowest BCUT2D eigenvalue weighted by molar-refractivity contribution is 0.0282. The predicted molar refractivity (Wildman–Crippen MR) is 55.6 cm³/mol. The average Bonchev–Trinajstić information content (AvgIpc) is 2.43. The molecule has 1 aliphatic heterocycles. The molecule has 1 rings (SSSR count). The van der Waals surface area contributed by atoms with Crippen LogP contribution < -0.4 is 5.32 Å². The summed E-state index contributed by atoms with van der Waals surface area (Å²) in [5.41, 5.74) is -0.527. The molecule has 4 nitrogen and oxygen atoms in total. The Balaban J connectivity index is 2.50. The third-order valence-electron chi connectivity index (χ3n) is 2.27. The highest BCUT2D eigenvalue weighted by atomic mass is 19.1. The van der Waals surface area contributed by atoms with Crippen molar-refractivity contribution in [2.75, 3.05) is 20.1 Å². The zero-order valence-corrected chi connectivity index (χ0v) is 9.71. The smallest absolute Gasteiger partial charge is 0.410 e. The lowest BCUT2D eigenvalue weighted by atomic mass is 10.2. The van der Waals surface area contributed by atoms with E-state index in [1.807, 2.05) is 0 Å². The van der Waals surface area contributed by atoms with E-state index in [9.17, 15) is 9.18 Å². The lowest BCUT2D eigenvalue weighted by Crippen LogP contribution is -2.37. The molecule has 0 spiro atoms. The zero-order chi connectivity index (χ0) is 11.6. The Morgan fingerprint density at radius 2 is 2.07 bits per heavy atom. The SMILES string of the molecule is CN[C@@H]1CN(C(=O)OC(C)(C)C)C[C@@H]1F. The average molecular weight is 218 g/mol. The van der Waals surface area contributed by atoms with Crippen molar-refractivity contribution in [3.05, 3.63) is 0 Å². The van der Waals surface area contributed by atoms with Gasteiger partial charge >= 0.3 is 6.09 Å². The second kappa shape index (κ2) is 4.35. The van der Waals surface area contributed by atoms with Crippen LogP contribution >= 0.6 is 0 Å². The zero-order valence-electron chi connectivity index (χ0n) is 9.71. The Labute approximate surface area is 89.8 Å². The summed E-state index contributed by atoms with van der Waals surface area (Å²) in [6.07, 6.45) is -1.45. The Kier molecular flexibility index (Phi) is 3.54. The molecular weight excluding hydrogens is 199 g/mol. The highest BCUT2D eigenvalue weighted by Gasteiger charge is 2.36. The summed E-state index contributed by atoms with van der Waals surface area (Å²) in [5.74, 6) is 0. The first-order valence-electron chi connectivity index (χ1n) is 5.13. The fourth-order valence-electron chi connectivity index (χ4n) is 1.51. The molecule has 0 bridgehead atoms. The Morgan fingerprint density at radius 3 is 2.47 bits per heavy atom. The molecule has 0 unspecified atom stereocenters. The van der Waals surface area contributed by atoms with Gasteiger partial charge in [-0.1, -0.05) is 0 Å². The van der Waals surface area contributed by atoms with Gasteiger partial charge in [-0.3, -0.25) is 0 Å². The number of rotatable bonds is 1. The van der Waals surface area contributed by atoms with E-state index in [1.165, 1.54) is 4.90 Å². The normalized spacial score (nSPS) is 26.9. The molecule has 1 aliphatic rings. The van der Waals surface area contributed by atoms with E-state index in [2.05, 4.69) is 5.32 Å². The van der Waals surface area contributed by atoms with E-state index in [4.69, 9.17) is 4.74 Å². The highest BCUT2D eigenvalue weighted by molar-refractivity contribution is 5.68. The summed E-state index contributed by atoms with van der Waals surface area (Å²) in [6, 6.07) is -0.280. The van der Waals surface area contributed by atoms with Gasteiger partial charge in [0.05, 0.1) is 12.6 Å². The number of nitrogens with one attached hydrogen (secondary N) is 1. The third-order valence-corrected chi connectivity index (χ3v) is 2.27. The molecule has 0 radical (unpaired) electrons. The first kappa shape index (κ1) is 12.2. The van der Waals surface area contributed by atoms with Gasteiger partial charge in [-0.25, -0.2) is 9.18 Å². The van der Waals surface area contributed by atoms with Crippen LogP contribution in [0.3, 0.4) is 0 Å². The lowest BCUT2D eigenvalue weighted by Gasteiger charge is -2.24. The van der Waals surface area contributed by atoms with E-state index in [1.54, 1.807) is 27.8 Å². The fraction of sp³-hybridized carbons (Fsp3) is 0.900. The minimum Gasteiger partial charge on any atom is -0.444 e. The minimum absolute atomic E-state index is 0.112. The number of likely N-dealkylation sites (tertiary alicyclic amines) is 1. The van der Waals surface area contributed by atoms with Crippen molar-refractivity contribution in [2.45, 2.75) is 38.6 Å². The molecule has 88 valence electrons. The van der Waals surface area contributed by atoms with Gasteiger partial charge in [-0.15, -0.1) is 0 Å². The van der Waals surface area contributed by atoms with Crippen molar-refractivity contribution < 1.29 is 13.9 Å². The molecule has 2 atom stereocenters. The summed E-state index contributed by atoms with van der Waals surface area (Å²) in [5, 5.41) is 2.84. The van der Waals surface area contributed by atoms with Crippen LogP contribution in [0.25, 0.3) is 0 Å². The van der Waals surface area contributed by atoms with E-state index in [-0.39, 0.29) is 12.6 Å². The van der Waals surface area contributed by atoms with E-state index >= 15 is 0 Å². The number of likely N-dealkylation sites (N-methyl/N-ethyl adjacent to an activating group) is 1. The molecule has 0 saturated carbocycles. The quantitative estimate of drug-likeness (QED) is 0.718. The van der Waals surface area contributed by atoms with Gasteiger partial charge in [0.2, 0.25) is 0 Å². The molecule has 0 aromatic carbocycles. The van der Waals surface area contributed by atoms with Crippen LogP contribution in [0.2, 0.25) is 0 Å². The van der Waals surface area contributed by atoms with Crippen LogP contribution in [-0.2, 0) is 4.74 Å². The first-order valence-corrected chi connectivity index (χ1v) is 5.13. The number of ether oxygens (including phenoxy) is 1. The number of alkyl halides is 1. The Morgan fingerprint density at radius 1 is 1.47 bits per heavy atom. The number of halogens is 1. The van der Waals surface area contributed by atoms with Gasteiger partial charge < -0.3 is 15.0 Å². The third kappa shape index (κ3) is 3.34. The van der Waals surface area contributed by atoms with Crippen LogP contribution in [0.1, 0.15) is 20.8 Å². The maximum Gasteiger partial charge on any atom is 0.410 e. The molecule has 1 amide bonds. The number of hydrogen-bond donors (Lipinski definition) is 1. The van der Waals surface area contributed by atoms with Crippen LogP contribution in [0.5, 0.6) is 0 Å². The van der Waals surface area contributed by atoms with Gasteiger partial charge in [0.15, 0.2) is 0 Å². The van der Waals surface area contributed by atoms with E-state index in [0.29, 0.717) is 6.54 Å². The van der Waals surface area contributed by atoms with E-state index in [0.717, 1.165) is 0 Å². The summed E-state index contributed by atoms with van der Waals surface area (Å²) in [6.45, 7) is 5.86. The summed E-state index contributed by atoms with van der Waals surface area (Å²) >= 11 is 0. The van der Waals surface area contributed by atoms with Gasteiger partial charge in [-0.05, 0) is 27.8 Å². The number of nitrogens with zero attached hydrogens (tertiary/aromatic N) is 1. The number of hydrogen-bond acceptors (Lipinski definition) is 3. The van der Waals surface area contributed by atoms with Crippen LogP contribution in [0, 0.1) is 0 Å². The maximum absolute atomic E-state index is 13.3. The molecular formula is C10H19FN2O2. The second-order valence-corrected chi connectivity index (χ2v) is 4.80. The van der Waals surface area contributed by atoms with Crippen molar-refractivity contribution in [1.29, 1.82) is 0 Å². The van der Waals surface area contributed by atoms with Crippen molar-refractivity contribution >= 4 is 6.09 Å². The fourth-order valence-corrected chi connectivity index (χ4v) is 1.51. The molecule has 1 heterocycles.